The molecule has 0 fully saturated rings. The predicted octanol–water partition coefficient (Wildman–Crippen LogP) is 4.56. The fourth-order valence-corrected chi connectivity index (χ4v) is 3.88. The molecule has 0 aliphatic heterocycles. The number of rotatable bonds is 9. The van der Waals surface area contributed by atoms with Crippen molar-refractivity contribution in [2.75, 3.05) is 5.75 Å². The Morgan fingerprint density at radius 1 is 0.938 bits per heavy atom. The van der Waals surface area contributed by atoms with Gasteiger partial charge in [0.25, 0.3) is 0 Å². The van der Waals surface area contributed by atoms with Crippen LogP contribution in [0.25, 0.3) is 5.69 Å². The summed E-state index contributed by atoms with van der Waals surface area (Å²) in [6, 6.07) is 27.6. The van der Waals surface area contributed by atoms with Crippen LogP contribution in [0.2, 0.25) is 0 Å². The summed E-state index contributed by atoms with van der Waals surface area (Å²) < 4.78 is 7.86. The first kappa shape index (κ1) is 21.6. The molecule has 0 radical (unpaired) electrons. The lowest BCUT2D eigenvalue weighted by molar-refractivity contribution is -0.118. The Bertz CT molecular complexity index is 1150. The van der Waals surface area contributed by atoms with Crippen molar-refractivity contribution in [3.8, 4) is 11.4 Å². The van der Waals surface area contributed by atoms with E-state index in [0.29, 0.717) is 17.5 Å². The quantitative estimate of drug-likeness (QED) is 0.383. The van der Waals surface area contributed by atoms with Crippen molar-refractivity contribution < 1.29 is 9.53 Å². The number of para-hydroxylation sites is 1. The maximum absolute atomic E-state index is 12.4. The summed E-state index contributed by atoms with van der Waals surface area (Å²) in [6.45, 7) is 2.81. The zero-order valence-corrected chi connectivity index (χ0v) is 18.6. The van der Waals surface area contributed by atoms with Crippen molar-refractivity contribution in [1.29, 1.82) is 0 Å². The molecule has 1 N–H and O–H groups in total. The molecule has 0 saturated heterocycles. The van der Waals surface area contributed by atoms with Crippen LogP contribution in [0.4, 0.5) is 0 Å². The molecule has 0 unspecified atom stereocenters. The molecule has 1 aromatic heterocycles. The number of ether oxygens (including phenoxy) is 1. The van der Waals surface area contributed by atoms with Crippen LogP contribution in [0.5, 0.6) is 5.75 Å². The number of aryl methyl sites for hydroxylation is 1. The molecule has 4 rings (SSSR count). The highest BCUT2D eigenvalue weighted by molar-refractivity contribution is 7.99. The van der Waals surface area contributed by atoms with E-state index in [1.165, 1.54) is 17.3 Å². The number of aromatic nitrogens is 3. The number of nitrogens with zero attached hydrogens (tertiary/aromatic N) is 3. The van der Waals surface area contributed by atoms with Gasteiger partial charge in [-0.25, -0.2) is 0 Å². The van der Waals surface area contributed by atoms with Crippen LogP contribution >= 0.6 is 11.8 Å². The average Bonchev–Trinajstić information content (AvgIpc) is 3.25. The Hall–Kier alpha value is -3.58. The van der Waals surface area contributed by atoms with Crippen LogP contribution in [0.15, 0.2) is 90.1 Å². The third kappa shape index (κ3) is 5.76. The highest BCUT2D eigenvalue weighted by atomic mass is 32.2. The van der Waals surface area contributed by atoms with Crippen molar-refractivity contribution in [2.24, 2.45) is 0 Å². The SMILES string of the molecule is Cc1ccc(OCc2nnc(SCC(=O)NCc3ccccc3)n2-c2ccccc2)cc1. The zero-order valence-electron chi connectivity index (χ0n) is 17.8. The summed E-state index contributed by atoms with van der Waals surface area (Å²) in [5, 5.41) is 12.2. The van der Waals surface area contributed by atoms with Gasteiger partial charge in [0, 0.05) is 12.2 Å². The second kappa shape index (κ2) is 10.6. The second-order valence-corrected chi connectivity index (χ2v) is 8.16. The van der Waals surface area contributed by atoms with Gasteiger partial charge in [-0.2, -0.15) is 0 Å². The molecule has 162 valence electrons. The van der Waals surface area contributed by atoms with Crippen molar-refractivity contribution in [3.63, 3.8) is 0 Å². The van der Waals surface area contributed by atoms with E-state index in [0.717, 1.165) is 17.0 Å². The lowest BCUT2D eigenvalue weighted by Gasteiger charge is -2.11. The number of thioether (sulfide) groups is 1. The molecule has 7 heteroatoms. The Labute approximate surface area is 191 Å². The molecule has 0 aliphatic rings. The van der Waals surface area contributed by atoms with E-state index in [1.807, 2.05) is 96.4 Å². The Balaban J connectivity index is 1.44. The summed E-state index contributed by atoms with van der Waals surface area (Å²) in [5.74, 6) is 1.63. The van der Waals surface area contributed by atoms with E-state index in [1.54, 1.807) is 0 Å². The first-order valence-electron chi connectivity index (χ1n) is 10.3. The Kier molecular flexibility index (Phi) is 7.19. The van der Waals surface area contributed by atoms with E-state index in [9.17, 15) is 4.79 Å². The van der Waals surface area contributed by atoms with Gasteiger partial charge >= 0.3 is 0 Å². The summed E-state index contributed by atoms with van der Waals surface area (Å²) in [7, 11) is 0. The maximum atomic E-state index is 12.4. The molecule has 1 amide bonds. The summed E-state index contributed by atoms with van der Waals surface area (Å²) in [4.78, 5) is 12.4. The van der Waals surface area contributed by atoms with Crippen LogP contribution in [-0.4, -0.2) is 26.4 Å². The number of nitrogens with one attached hydrogen (secondary N) is 1. The molecule has 3 aromatic carbocycles. The predicted molar refractivity (Wildman–Crippen MR) is 126 cm³/mol. The first-order valence-corrected chi connectivity index (χ1v) is 11.3. The largest absolute Gasteiger partial charge is 0.486 e. The van der Waals surface area contributed by atoms with Crippen LogP contribution in [0.1, 0.15) is 17.0 Å². The standard InChI is InChI=1S/C25H24N4O2S/c1-19-12-14-22(15-13-19)31-17-23-27-28-25(29(23)21-10-6-3-7-11-21)32-18-24(30)26-16-20-8-4-2-5-9-20/h2-15H,16-18H2,1H3,(H,26,30). The van der Waals surface area contributed by atoms with Crippen LogP contribution in [0.3, 0.4) is 0 Å². The van der Waals surface area contributed by atoms with E-state index in [2.05, 4.69) is 15.5 Å². The molecule has 0 saturated carbocycles. The molecule has 6 nitrogen and oxygen atoms in total. The fourth-order valence-electron chi connectivity index (χ4n) is 3.08. The molecule has 0 spiro atoms. The van der Waals surface area contributed by atoms with E-state index < -0.39 is 0 Å². The maximum Gasteiger partial charge on any atom is 0.230 e. The smallest absolute Gasteiger partial charge is 0.230 e. The van der Waals surface area contributed by atoms with E-state index in [-0.39, 0.29) is 18.3 Å². The van der Waals surface area contributed by atoms with Gasteiger partial charge in [-0.3, -0.25) is 9.36 Å². The van der Waals surface area contributed by atoms with Gasteiger partial charge in [-0.1, -0.05) is 78.0 Å². The van der Waals surface area contributed by atoms with Crippen molar-refractivity contribution in [2.45, 2.75) is 25.2 Å². The van der Waals surface area contributed by atoms with Gasteiger partial charge in [-0.15, -0.1) is 10.2 Å². The molecular weight excluding hydrogens is 420 g/mol. The summed E-state index contributed by atoms with van der Waals surface area (Å²) in [5.41, 5.74) is 3.16. The lowest BCUT2D eigenvalue weighted by atomic mass is 10.2. The van der Waals surface area contributed by atoms with Crippen molar-refractivity contribution in [3.05, 3.63) is 102 Å². The average molecular weight is 445 g/mol. The van der Waals surface area contributed by atoms with Gasteiger partial charge in [0.05, 0.1) is 5.75 Å². The number of carbonyl (C=O) groups is 1. The molecular formula is C25H24N4O2S. The van der Waals surface area contributed by atoms with Crippen molar-refractivity contribution in [1.82, 2.24) is 20.1 Å². The minimum Gasteiger partial charge on any atom is -0.486 e. The normalized spacial score (nSPS) is 10.7. The molecule has 0 atom stereocenters. The second-order valence-electron chi connectivity index (χ2n) is 7.22. The first-order chi connectivity index (χ1) is 15.7. The minimum atomic E-state index is -0.0566. The highest BCUT2D eigenvalue weighted by Crippen LogP contribution is 2.23. The summed E-state index contributed by atoms with van der Waals surface area (Å²) in [6.07, 6.45) is 0. The van der Waals surface area contributed by atoms with Gasteiger partial charge in [0.15, 0.2) is 11.0 Å². The monoisotopic (exact) mass is 444 g/mol. The molecule has 0 aliphatic carbocycles. The molecule has 1 heterocycles. The molecule has 0 bridgehead atoms. The Morgan fingerprint density at radius 2 is 1.62 bits per heavy atom. The van der Waals surface area contributed by atoms with Crippen LogP contribution < -0.4 is 10.1 Å². The lowest BCUT2D eigenvalue weighted by Crippen LogP contribution is -2.24. The van der Waals surface area contributed by atoms with Crippen molar-refractivity contribution >= 4 is 17.7 Å². The third-order valence-electron chi connectivity index (χ3n) is 4.77. The minimum absolute atomic E-state index is 0.0566. The zero-order chi connectivity index (χ0) is 22.2. The van der Waals surface area contributed by atoms with Gasteiger partial charge in [0.2, 0.25) is 5.91 Å². The fraction of sp³-hybridized carbons (Fsp3) is 0.160. The Morgan fingerprint density at radius 3 is 2.34 bits per heavy atom. The molecule has 4 aromatic rings. The van der Waals surface area contributed by atoms with E-state index in [4.69, 9.17) is 4.74 Å². The van der Waals surface area contributed by atoms with Crippen LogP contribution in [0, 0.1) is 6.92 Å². The number of hydrogen-bond donors (Lipinski definition) is 1. The molecule has 32 heavy (non-hydrogen) atoms. The summed E-state index contributed by atoms with van der Waals surface area (Å²) >= 11 is 1.35. The van der Waals surface area contributed by atoms with Gasteiger partial charge in [0.1, 0.15) is 12.4 Å². The number of carbonyl (C=O) groups excluding carboxylic acids is 1. The highest BCUT2D eigenvalue weighted by Gasteiger charge is 2.16. The topological polar surface area (TPSA) is 69.0 Å². The third-order valence-corrected chi connectivity index (χ3v) is 5.70. The van der Waals surface area contributed by atoms with Crippen LogP contribution in [-0.2, 0) is 17.9 Å². The number of amides is 1. The number of benzene rings is 3. The number of hydrogen-bond acceptors (Lipinski definition) is 5. The van der Waals surface area contributed by atoms with E-state index >= 15 is 0 Å². The van der Waals surface area contributed by atoms with Gasteiger partial charge < -0.3 is 10.1 Å². The van der Waals surface area contributed by atoms with Gasteiger partial charge in [-0.05, 0) is 36.8 Å².